The minimum absolute atomic E-state index is 0.655. The Labute approximate surface area is 110 Å². The number of hydrogen-bond acceptors (Lipinski definition) is 1. The normalized spacial score (nSPS) is 10.4. The van der Waals surface area contributed by atoms with Gasteiger partial charge in [0.2, 0.25) is 0 Å². The standard InChI is InChI=1S/C12H17BrClNO/c1-2-3-6-15-7-8-16-12-5-4-10(13)9-11(12)14/h4-5,9,15H,2-3,6-8H2,1H3/p+1. The first-order chi connectivity index (χ1) is 7.74. The number of hydrogen-bond donors (Lipinski definition) is 1. The lowest BCUT2D eigenvalue weighted by Crippen LogP contribution is -2.85. The zero-order chi connectivity index (χ0) is 11.8. The minimum Gasteiger partial charge on any atom is -0.486 e. The molecule has 0 fully saturated rings. The molecular weight excluding hydrogens is 289 g/mol. The van der Waals surface area contributed by atoms with Gasteiger partial charge in [-0.15, -0.1) is 0 Å². The van der Waals surface area contributed by atoms with Gasteiger partial charge in [-0.1, -0.05) is 40.9 Å². The lowest BCUT2D eigenvalue weighted by Gasteiger charge is -2.07. The van der Waals surface area contributed by atoms with Crippen LogP contribution < -0.4 is 10.1 Å². The van der Waals surface area contributed by atoms with E-state index in [0.29, 0.717) is 11.6 Å². The van der Waals surface area contributed by atoms with Crippen molar-refractivity contribution in [3.05, 3.63) is 27.7 Å². The number of unbranched alkanes of at least 4 members (excludes halogenated alkanes) is 1. The summed E-state index contributed by atoms with van der Waals surface area (Å²) in [6, 6.07) is 5.66. The molecule has 2 N–H and O–H groups in total. The van der Waals surface area contributed by atoms with Crippen LogP contribution in [0.3, 0.4) is 0 Å². The molecule has 0 aromatic heterocycles. The summed E-state index contributed by atoms with van der Waals surface area (Å²) in [7, 11) is 0. The summed E-state index contributed by atoms with van der Waals surface area (Å²) in [5, 5.41) is 2.93. The van der Waals surface area contributed by atoms with Gasteiger partial charge in [-0.25, -0.2) is 0 Å². The summed E-state index contributed by atoms with van der Waals surface area (Å²) in [5.74, 6) is 0.758. The molecule has 4 heteroatoms. The molecule has 0 amide bonds. The van der Waals surface area contributed by atoms with E-state index in [2.05, 4.69) is 28.2 Å². The smallest absolute Gasteiger partial charge is 0.138 e. The highest BCUT2D eigenvalue weighted by molar-refractivity contribution is 9.10. The Hall–Kier alpha value is -0.250. The lowest BCUT2D eigenvalue weighted by atomic mass is 10.3. The van der Waals surface area contributed by atoms with E-state index in [-0.39, 0.29) is 0 Å². The molecule has 16 heavy (non-hydrogen) atoms. The Morgan fingerprint density at radius 3 is 2.88 bits per heavy atom. The molecular formula is C12H18BrClNO+. The van der Waals surface area contributed by atoms with Crippen LogP contribution in [0.1, 0.15) is 19.8 Å². The van der Waals surface area contributed by atoms with Crippen LogP contribution in [-0.4, -0.2) is 19.7 Å². The highest BCUT2D eigenvalue weighted by atomic mass is 79.9. The van der Waals surface area contributed by atoms with Crippen LogP contribution in [0.4, 0.5) is 0 Å². The van der Waals surface area contributed by atoms with Crippen molar-refractivity contribution in [2.24, 2.45) is 0 Å². The summed E-state index contributed by atoms with van der Waals surface area (Å²) in [6.07, 6.45) is 2.51. The van der Waals surface area contributed by atoms with E-state index in [0.717, 1.165) is 16.8 Å². The first-order valence-corrected chi connectivity index (χ1v) is 6.80. The number of halogens is 2. The second-order valence-electron chi connectivity index (χ2n) is 3.64. The van der Waals surface area contributed by atoms with Gasteiger partial charge in [0.1, 0.15) is 18.9 Å². The van der Waals surface area contributed by atoms with Gasteiger partial charge in [0, 0.05) is 4.47 Å². The van der Waals surface area contributed by atoms with Crippen LogP contribution in [0.15, 0.2) is 22.7 Å². The maximum absolute atomic E-state index is 6.03. The summed E-state index contributed by atoms with van der Waals surface area (Å²) < 4.78 is 6.56. The second-order valence-corrected chi connectivity index (χ2v) is 4.97. The molecule has 0 aliphatic heterocycles. The SMILES string of the molecule is CCCC[NH2+]CCOc1ccc(Br)cc1Cl. The molecule has 2 nitrogen and oxygen atoms in total. The van der Waals surface area contributed by atoms with Crippen molar-refractivity contribution in [1.29, 1.82) is 0 Å². The zero-order valence-electron chi connectivity index (χ0n) is 9.51. The fourth-order valence-electron chi connectivity index (χ4n) is 1.34. The lowest BCUT2D eigenvalue weighted by molar-refractivity contribution is -0.655. The third-order valence-corrected chi connectivity index (χ3v) is 3.02. The fraction of sp³-hybridized carbons (Fsp3) is 0.500. The van der Waals surface area contributed by atoms with Gasteiger partial charge in [-0.2, -0.15) is 0 Å². The van der Waals surface area contributed by atoms with Crippen LogP contribution in [0, 0.1) is 0 Å². The highest BCUT2D eigenvalue weighted by Gasteiger charge is 2.01. The monoisotopic (exact) mass is 306 g/mol. The molecule has 0 heterocycles. The van der Waals surface area contributed by atoms with Crippen LogP contribution in [-0.2, 0) is 0 Å². The molecule has 0 unspecified atom stereocenters. The Morgan fingerprint density at radius 2 is 2.19 bits per heavy atom. The third-order valence-electron chi connectivity index (χ3n) is 2.24. The predicted molar refractivity (Wildman–Crippen MR) is 71.2 cm³/mol. The average molecular weight is 308 g/mol. The first kappa shape index (κ1) is 13.8. The molecule has 1 aromatic carbocycles. The van der Waals surface area contributed by atoms with E-state index in [9.17, 15) is 0 Å². The van der Waals surface area contributed by atoms with Gasteiger partial charge in [-0.05, 0) is 24.6 Å². The number of rotatable bonds is 7. The Morgan fingerprint density at radius 1 is 1.38 bits per heavy atom. The van der Waals surface area contributed by atoms with E-state index in [1.165, 1.54) is 19.4 Å². The van der Waals surface area contributed by atoms with Gasteiger partial charge in [0.05, 0.1) is 11.6 Å². The molecule has 1 rings (SSSR count). The van der Waals surface area contributed by atoms with E-state index < -0.39 is 0 Å². The molecule has 0 aliphatic rings. The minimum atomic E-state index is 0.655. The van der Waals surface area contributed by atoms with Crippen molar-refractivity contribution in [2.45, 2.75) is 19.8 Å². The largest absolute Gasteiger partial charge is 0.486 e. The molecule has 0 aliphatic carbocycles. The summed E-state index contributed by atoms with van der Waals surface area (Å²) in [6.45, 7) is 5.05. The van der Waals surface area contributed by atoms with Gasteiger partial charge in [0.25, 0.3) is 0 Å². The molecule has 0 bridgehead atoms. The molecule has 1 aromatic rings. The highest BCUT2D eigenvalue weighted by Crippen LogP contribution is 2.27. The van der Waals surface area contributed by atoms with E-state index in [1.807, 2.05) is 18.2 Å². The predicted octanol–water partition coefficient (Wildman–Crippen LogP) is 2.84. The molecule has 0 spiro atoms. The Kier molecular flexibility index (Phi) is 6.85. The molecule has 0 radical (unpaired) electrons. The number of quaternary nitrogens is 1. The van der Waals surface area contributed by atoms with Crippen LogP contribution in [0.2, 0.25) is 5.02 Å². The van der Waals surface area contributed by atoms with E-state index >= 15 is 0 Å². The van der Waals surface area contributed by atoms with Crippen LogP contribution in [0.25, 0.3) is 0 Å². The zero-order valence-corrected chi connectivity index (χ0v) is 11.9. The molecule has 0 saturated carbocycles. The van der Waals surface area contributed by atoms with Crippen molar-refractivity contribution in [1.82, 2.24) is 0 Å². The van der Waals surface area contributed by atoms with E-state index in [1.54, 1.807) is 0 Å². The van der Waals surface area contributed by atoms with Crippen LogP contribution >= 0.6 is 27.5 Å². The Balaban J connectivity index is 2.21. The number of nitrogens with two attached hydrogens (primary N) is 1. The quantitative estimate of drug-likeness (QED) is 0.770. The second kappa shape index (κ2) is 7.93. The van der Waals surface area contributed by atoms with Crippen molar-refractivity contribution >= 4 is 27.5 Å². The first-order valence-electron chi connectivity index (χ1n) is 5.63. The summed E-state index contributed by atoms with van der Waals surface area (Å²) in [4.78, 5) is 0. The van der Waals surface area contributed by atoms with Gasteiger partial charge in [0.15, 0.2) is 0 Å². The number of ether oxygens (including phenoxy) is 1. The summed E-state index contributed by atoms with van der Waals surface area (Å²) in [5.41, 5.74) is 0. The van der Waals surface area contributed by atoms with Crippen LogP contribution in [0.5, 0.6) is 5.75 Å². The fourth-order valence-corrected chi connectivity index (χ4v) is 2.07. The van der Waals surface area contributed by atoms with Gasteiger partial charge in [-0.3, -0.25) is 0 Å². The van der Waals surface area contributed by atoms with Crippen molar-refractivity contribution < 1.29 is 10.1 Å². The maximum Gasteiger partial charge on any atom is 0.138 e. The van der Waals surface area contributed by atoms with Crippen molar-refractivity contribution in [3.63, 3.8) is 0 Å². The van der Waals surface area contributed by atoms with Crippen molar-refractivity contribution in [3.8, 4) is 5.75 Å². The van der Waals surface area contributed by atoms with Gasteiger partial charge >= 0.3 is 0 Å². The maximum atomic E-state index is 6.03. The van der Waals surface area contributed by atoms with E-state index in [4.69, 9.17) is 16.3 Å². The van der Waals surface area contributed by atoms with Gasteiger partial charge < -0.3 is 10.1 Å². The molecule has 0 atom stereocenters. The molecule has 0 saturated heterocycles. The third kappa shape index (κ3) is 5.19. The Bertz CT molecular complexity index is 320. The topological polar surface area (TPSA) is 25.8 Å². The number of benzene rings is 1. The summed E-state index contributed by atoms with van der Waals surface area (Å²) >= 11 is 9.39. The molecule has 90 valence electrons. The van der Waals surface area contributed by atoms with Crippen molar-refractivity contribution in [2.75, 3.05) is 19.7 Å². The average Bonchev–Trinajstić information content (AvgIpc) is 2.26.